The Morgan fingerprint density at radius 3 is 2.65 bits per heavy atom. The lowest BCUT2D eigenvalue weighted by Gasteiger charge is -2.13. The van der Waals surface area contributed by atoms with E-state index in [1.54, 1.807) is 13.8 Å². The van der Waals surface area contributed by atoms with Crippen LogP contribution in [0.15, 0.2) is 36.3 Å². The van der Waals surface area contributed by atoms with Crippen LogP contribution >= 0.6 is 0 Å². The van der Waals surface area contributed by atoms with Gasteiger partial charge in [0, 0.05) is 5.48 Å². The van der Waals surface area contributed by atoms with Gasteiger partial charge in [0.25, 0.3) is 0 Å². The number of hydrogen-bond donors (Lipinski definition) is 1. The van der Waals surface area contributed by atoms with Gasteiger partial charge in [-0.1, -0.05) is 18.5 Å². The first-order valence-electron chi connectivity index (χ1n) is 15.7. The Bertz CT molecular complexity index is 1290. The van der Waals surface area contributed by atoms with Crippen molar-refractivity contribution in [3.63, 3.8) is 0 Å². The maximum Gasteiger partial charge on any atom is 0.160 e. The molecule has 4 nitrogen and oxygen atoms in total. The molecular formula is C22H30O4. The lowest BCUT2D eigenvalue weighted by atomic mass is 10.0. The number of methoxy groups -OCH3 is 2. The van der Waals surface area contributed by atoms with Crippen molar-refractivity contribution in [3.05, 3.63) is 52.9 Å². The van der Waals surface area contributed by atoms with Crippen LogP contribution < -0.4 is 14.2 Å². The van der Waals surface area contributed by atoms with Crippen molar-refractivity contribution in [1.29, 1.82) is 0 Å². The average molecular weight is 375 g/mol. The molecule has 0 aliphatic carbocycles. The molecule has 1 unspecified atom stereocenters. The highest BCUT2D eigenvalue weighted by Gasteiger charge is 2.07. The quantitative estimate of drug-likeness (QED) is 0.666. The van der Waals surface area contributed by atoms with Crippen LogP contribution in [0.2, 0.25) is 0 Å². The summed E-state index contributed by atoms with van der Waals surface area (Å²) in [5.74, 6) is -2.52. The molecule has 0 radical (unpaired) electrons. The normalized spacial score (nSPS) is 22.9. The Balaban J connectivity index is 2.38. The van der Waals surface area contributed by atoms with Gasteiger partial charge < -0.3 is 19.3 Å². The van der Waals surface area contributed by atoms with E-state index in [0.717, 1.165) is 0 Å². The zero-order valence-corrected chi connectivity index (χ0v) is 14.4. The molecule has 0 saturated heterocycles. The van der Waals surface area contributed by atoms with Crippen molar-refractivity contribution in [2.75, 3.05) is 20.7 Å². The van der Waals surface area contributed by atoms with E-state index in [4.69, 9.17) is 26.7 Å². The first-order chi connectivity index (χ1) is 18.8. The number of aliphatic hydroxyl groups excluding tert-OH is 1. The molecule has 26 heavy (non-hydrogen) atoms. The predicted molar refractivity (Wildman–Crippen MR) is 105 cm³/mol. The SMILES string of the molecule is [2H]c1c([2H])c(OCC(O)C([2H])([2H])CCC([2H])([2H])c2c([2H])c([2H])c(OC([2H])([2H])[2H])c(OC([2H])([2H])[2H])c2[2H])c([2H])c(C)c1C. The van der Waals surface area contributed by atoms with E-state index in [0.29, 0.717) is 11.1 Å². The molecule has 0 saturated carbocycles. The highest BCUT2D eigenvalue weighted by Crippen LogP contribution is 2.28. The average Bonchev–Trinajstić information content (AvgIpc) is 2.84. The summed E-state index contributed by atoms with van der Waals surface area (Å²) in [5, 5.41) is 10.5. The van der Waals surface area contributed by atoms with Gasteiger partial charge in [0.1, 0.15) is 12.4 Å². The van der Waals surface area contributed by atoms with Gasteiger partial charge in [-0.2, -0.15) is 0 Å². The lowest BCUT2D eigenvalue weighted by Crippen LogP contribution is -2.17. The highest BCUT2D eigenvalue weighted by molar-refractivity contribution is 5.42. The number of benzene rings is 2. The predicted octanol–water partition coefficient (Wildman–Crippen LogP) is 4.47. The smallest absolute Gasteiger partial charge is 0.160 e. The molecule has 0 heterocycles. The van der Waals surface area contributed by atoms with E-state index >= 15 is 0 Å². The zero-order valence-electron chi connectivity index (χ0n) is 30.4. The summed E-state index contributed by atoms with van der Waals surface area (Å²) in [6.07, 6.45) is -8.85. The van der Waals surface area contributed by atoms with Crippen LogP contribution in [0.4, 0.5) is 0 Å². The Kier molecular flexibility index (Phi) is 2.88. The number of aliphatic hydroxyl groups is 1. The molecule has 0 fully saturated rings. The molecule has 1 N–H and O–H groups in total. The topological polar surface area (TPSA) is 47.9 Å². The van der Waals surface area contributed by atoms with Crippen LogP contribution in [0.25, 0.3) is 0 Å². The molecule has 142 valence electrons. The van der Waals surface area contributed by atoms with Crippen molar-refractivity contribution in [3.8, 4) is 17.2 Å². The van der Waals surface area contributed by atoms with E-state index in [1.165, 1.54) is 0 Å². The van der Waals surface area contributed by atoms with Crippen molar-refractivity contribution >= 4 is 0 Å². The molecule has 0 aromatic heterocycles. The largest absolute Gasteiger partial charge is 0.493 e. The summed E-state index contributed by atoms with van der Waals surface area (Å²) in [5.41, 5.74) is -0.138. The van der Waals surface area contributed by atoms with Crippen LogP contribution in [0.5, 0.6) is 17.2 Å². The van der Waals surface area contributed by atoms with Gasteiger partial charge >= 0.3 is 0 Å². The summed E-state index contributed by atoms with van der Waals surface area (Å²) in [6.45, 7) is 2.33. The minimum Gasteiger partial charge on any atom is -0.493 e. The molecular weight excluding hydrogens is 328 g/mol. The Hall–Kier alpha value is -2.20. The second-order valence-corrected chi connectivity index (χ2v) is 5.27. The maximum absolute atomic E-state index is 10.5. The van der Waals surface area contributed by atoms with E-state index in [2.05, 4.69) is 9.47 Å². The fourth-order valence-corrected chi connectivity index (χ4v) is 1.87. The third-order valence-corrected chi connectivity index (χ3v) is 3.37. The van der Waals surface area contributed by atoms with E-state index < -0.39 is 93.6 Å². The molecule has 2 aromatic rings. The van der Waals surface area contributed by atoms with Crippen LogP contribution in [0, 0.1) is 13.8 Å². The molecule has 0 bridgehead atoms. The Morgan fingerprint density at radius 2 is 1.85 bits per heavy atom. The van der Waals surface area contributed by atoms with Crippen molar-refractivity contribution in [2.24, 2.45) is 0 Å². The van der Waals surface area contributed by atoms with Crippen molar-refractivity contribution in [2.45, 2.75) is 45.5 Å². The third-order valence-electron chi connectivity index (χ3n) is 3.37. The Labute approximate surface area is 179 Å². The van der Waals surface area contributed by atoms with Gasteiger partial charge in [-0.25, -0.2) is 0 Å². The summed E-state index contributed by atoms with van der Waals surface area (Å²) in [6, 6.07) is -4.02. The Morgan fingerprint density at radius 1 is 1.04 bits per heavy atom. The molecule has 1 atom stereocenters. The molecule has 0 amide bonds. The number of ether oxygens (including phenoxy) is 3. The van der Waals surface area contributed by atoms with Crippen LogP contribution in [0.3, 0.4) is 0 Å². The maximum atomic E-state index is 10.5. The third kappa shape index (κ3) is 5.95. The minimum absolute atomic E-state index is 0.201. The van der Waals surface area contributed by atoms with E-state index in [1.807, 2.05) is 0 Å². The molecule has 0 aliphatic heterocycles. The fraction of sp³-hybridized carbons (Fsp3) is 0.455. The van der Waals surface area contributed by atoms with Crippen LogP contribution in [-0.4, -0.2) is 31.9 Å². The van der Waals surface area contributed by atoms with Gasteiger partial charge in [0.2, 0.25) is 0 Å². The zero-order chi connectivity index (χ0) is 32.7. The van der Waals surface area contributed by atoms with Gasteiger partial charge in [-0.05, 0) is 73.9 Å². The van der Waals surface area contributed by atoms with E-state index in [9.17, 15) is 5.11 Å². The highest BCUT2D eigenvalue weighted by atomic mass is 16.5. The standard InChI is InChI=1S/C22H30O4/c1-16-9-11-20(13-17(16)2)26-15-19(23)8-6-5-7-18-10-12-21(24-3)22(14-18)25-4/h9-14,19,23H,5-8,15H2,1-4H3/i3D3,4D3,7D2,8D2,9D,10D,11D,12D,13D,14D. The summed E-state index contributed by atoms with van der Waals surface area (Å²) >= 11 is 0. The number of rotatable bonds is 10. The van der Waals surface area contributed by atoms with Gasteiger partial charge in [-0.3, -0.25) is 0 Å². The lowest BCUT2D eigenvalue weighted by molar-refractivity contribution is 0.0976. The van der Waals surface area contributed by atoms with Gasteiger partial charge in [0.15, 0.2) is 11.5 Å². The second-order valence-electron chi connectivity index (χ2n) is 5.27. The van der Waals surface area contributed by atoms with Gasteiger partial charge in [0.05, 0.1) is 36.6 Å². The molecule has 0 aliphatic rings. The molecule has 2 aromatic carbocycles. The molecule has 0 spiro atoms. The van der Waals surface area contributed by atoms with Crippen LogP contribution in [0.1, 0.15) is 57.8 Å². The van der Waals surface area contributed by atoms with Gasteiger partial charge in [-0.15, -0.1) is 0 Å². The van der Waals surface area contributed by atoms with E-state index in [-0.39, 0.29) is 17.8 Å². The monoisotopic (exact) mass is 374 g/mol. The summed E-state index contributed by atoms with van der Waals surface area (Å²) in [7, 11) is -6.52. The molecule has 4 heteroatoms. The first kappa shape index (κ1) is 7.43. The number of hydrogen-bond acceptors (Lipinski definition) is 4. The first-order valence-corrected chi connectivity index (χ1v) is 7.72. The summed E-state index contributed by atoms with van der Waals surface area (Å²) in [4.78, 5) is 0. The van der Waals surface area contributed by atoms with Crippen LogP contribution in [-0.2, 0) is 6.37 Å². The summed E-state index contributed by atoms with van der Waals surface area (Å²) < 4.78 is 141. The molecule has 2 rings (SSSR count). The second kappa shape index (κ2) is 10.1. The minimum atomic E-state index is -3.28. The van der Waals surface area contributed by atoms with Crippen molar-refractivity contribution < 1.29 is 41.2 Å². The fourth-order valence-electron chi connectivity index (χ4n) is 1.87. The van der Waals surface area contributed by atoms with Crippen molar-refractivity contribution in [1.82, 2.24) is 0 Å².